The summed E-state index contributed by atoms with van der Waals surface area (Å²) < 4.78 is 35.4. The van der Waals surface area contributed by atoms with E-state index < -0.39 is 21.8 Å². The molecule has 0 aliphatic heterocycles. The zero-order chi connectivity index (χ0) is 22.8. The van der Waals surface area contributed by atoms with E-state index in [1.54, 1.807) is 13.8 Å². The average Bonchev–Trinajstić information content (AvgIpc) is 3.12. The second kappa shape index (κ2) is 9.15. The van der Waals surface area contributed by atoms with Crippen molar-refractivity contribution in [3.05, 3.63) is 40.4 Å². The number of rotatable bonds is 7. The highest BCUT2D eigenvalue weighted by molar-refractivity contribution is 7.90. The van der Waals surface area contributed by atoms with Gasteiger partial charge in [-0.25, -0.2) is 13.2 Å². The standard InChI is InChI=1S/C19H21ClN4O6S/c1-11(24-22-12(2)21-23-24)10-29-18-16(31(3,27)28)8-7-15(17(18)20)19(26)30-14-6-4-5-13(25)9-14/h7-9,11H,4-6,10H2,1-3H3. The van der Waals surface area contributed by atoms with E-state index in [-0.39, 0.29) is 39.4 Å². The molecule has 1 aromatic carbocycles. The maximum absolute atomic E-state index is 12.6. The number of nitrogens with zero attached hydrogens (tertiary/aromatic N) is 4. The third kappa shape index (κ3) is 5.47. The van der Waals surface area contributed by atoms with Gasteiger partial charge in [-0.3, -0.25) is 4.79 Å². The first-order valence-electron chi connectivity index (χ1n) is 9.43. The minimum Gasteiger partial charge on any atom is -0.488 e. The Bertz CT molecular complexity index is 1160. The van der Waals surface area contributed by atoms with Crippen LogP contribution < -0.4 is 4.74 Å². The predicted molar refractivity (Wildman–Crippen MR) is 110 cm³/mol. The number of aryl methyl sites for hydroxylation is 1. The molecule has 31 heavy (non-hydrogen) atoms. The molecule has 1 atom stereocenters. The molecule has 12 heteroatoms. The summed E-state index contributed by atoms with van der Waals surface area (Å²) in [5.74, 6) is -0.383. The Hall–Kier alpha value is -2.79. The minimum atomic E-state index is -3.71. The SMILES string of the molecule is Cc1nnn(C(C)COc2c(S(C)(=O)=O)ccc(C(=O)OC3=CC(=O)CCC3)c2Cl)n1. The minimum absolute atomic E-state index is 0.0316. The molecule has 0 bridgehead atoms. The van der Waals surface area contributed by atoms with Gasteiger partial charge >= 0.3 is 5.97 Å². The van der Waals surface area contributed by atoms with E-state index in [1.165, 1.54) is 23.0 Å². The van der Waals surface area contributed by atoms with E-state index in [0.717, 1.165) is 6.26 Å². The fourth-order valence-corrected chi connectivity index (χ4v) is 4.06. The Morgan fingerprint density at radius 2 is 2.06 bits per heavy atom. The Morgan fingerprint density at radius 1 is 1.32 bits per heavy atom. The van der Waals surface area contributed by atoms with Gasteiger partial charge in [0.25, 0.3) is 0 Å². The fourth-order valence-electron chi connectivity index (χ4n) is 2.89. The van der Waals surface area contributed by atoms with Crippen molar-refractivity contribution in [2.75, 3.05) is 12.9 Å². The van der Waals surface area contributed by atoms with Gasteiger partial charge in [-0.15, -0.1) is 10.2 Å². The van der Waals surface area contributed by atoms with Crippen LogP contribution in [0, 0.1) is 6.92 Å². The second-order valence-electron chi connectivity index (χ2n) is 7.16. The number of carbonyl (C=O) groups is 2. The van der Waals surface area contributed by atoms with Crippen molar-refractivity contribution in [1.29, 1.82) is 0 Å². The number of ketones is 1. The van der Waals surface area contributed by atoms with Crippen LogP contribution in [0.1, 0.15) is 48.4 Å². The van der Waals surface area contributed by atoms with Gasteiger partial charge in [0.05, 0.1) is 10.6 Å². The molecule has 0 saturated heterocycles. The van der Waals surface area contributed by atoms with Gasteiger partial charge < -0.3 is 9.47 Å². The Balaban J connectivity index is 1.88. The summed E-state index contributed by atoms with van der Waals surface area (Å²) in [6, 6.07) is 2.10. The molecule has 3 rings (SSSR count). The van der Waals surface area contributed by atoms with Crippen LogP contribution in [0.5, 0.6) is 5.75 Å². The van der Waals surface area contributed by atoms with E-state index in [0.29, 0.717) is 25.1 Å². The van der Waals surface area contributed by atoms with Gasteiger partial charge in [0.1, 0.15) is 23.3 Å². The van der Waals surface area contributed by atoms with Crippen molar-refractivity contribution in [2.45, 2.75) is 44.0 Å². The summed E-state index contributed by atoms with van der Waals surface area (Å²) >= 11 is 6.37. The summed E-state index contributed by atoms with van der Waals surface area (Å²) in [4.78, 5) is 25.3. The van der Waals surface area contributed by atoms with Gasteiger partial charge in [0.15, 0.2) is 27.2 Å². The third-order valence-corrected chi connectivity index (χ3v) is 5.96. The number of hydrogen-bond donors (Lipinski definition) is 0. The largest absolute Gasteiger partial charge is 0.488 e. The number of allylic oxidation sites excluding steroid dienone is 2. The van der Waals surface area contributed by atoms with Crippen LogP contribution in [0.15, 0.2) is 28.9 Å². The maximum atomic E-state index is 12.6. The topological polar surface area (TPSA) is 130 Å². The van der Waals surface area contributed by atoms with Crippen molar-refractivity contribution >= 4 is 33.2 Å². The lowest BCUT2D eigenvalue weighted by Crippen LogP contribution is -2.18. The molecule has 1 aliphatic rings. The predicted octanol–water partition coefficient (Wildman–Crippen LogP) is 2.47. The van der Waals surface area contributed by atoms with Crippen LogP contribution >= 0.6 is 11.6 Å². The molecule has 0 spiro atoms. The number of benzene rings is 1. The number of aromatic nitrogens is 4. The van der Waals surface area contributed by atoms with Crippen LogP contribution in [0.4, 0.5) is 0 Å². The van der Waals surface area contributed by atoms with Gasteiger partial charge in [-0.1, -0.05) is 11.6 Å². The molecule has 0 N–H and O–H groups in total. The van der Waals surface area contributed by atoms with Crippen LogP contribution in [0.3, 0.4) is 0 Å². The van der Waals surface area contributed by atoms with Crippen molar-refractivity contribution in [1.82, 2.24) is 20.2 Å². The first-order chi connectivity index (χ1) is 14.6. The van der Waals surface area contributed by atoms with Gasteiger partial charge in [-0.05, 0) is 37.6 Å². The number of esters is 1. The Labute approximate surface area is 184 Å². The number of halogens is 1. The van der Waals surface area contributed by atoms with Gasteiger partial charge in [-0.2, -0.15) is 4.80 Å². The molecule has 1 aliphatic carbocycles. The van der Waals surface area contributed by atoms with Crippen LogP contribution in [-0.2, 0) is 19.4 Å². The van der Waals surface area contributed by atoms with E-state index >= 15 is 0 Å². The summed E-state index contributed by atoms with van der Waals surface area (Å²) in [6.07, 6.45) is 3.73. The summed E-state index contributed by atoms with van der Waals surface area (Å²) in [5.41, 5.74) is -0.0784. The van der Waals surface area contributed by atoms with E-state index in [1.807, 2.05) is 0 Å². The zero-order valence-electron chi connectivity index (χ0n) is 17.2. The average molecular weight is 469 g/mol. The maximum Gasteiger partial charge on any atom is 0.344 e. The van der Waals surface area contributed by atoms with Gasteiger partial charge in [0.2, 0.25) is 0 Å². The fraction of sp³-hybridized carbons (Fsp3) is 0.421. The number of tetrazole rings is 1. The number of carbonyl (C=O) groups excluding carboxylic acids is 2. The van der Waals surface area contributed by atoms with Crippen LogP contribution in [0.2, 0.25) is 5.02 Å². The molecule has 0 saturated carbocycles. The highest BCUT2D eigenvalue weighted by Crippen LogP contribution is 2.36. The monoisotopic (exact) mass is 468 g/mol. The first-order valence-corrected chi connectivity index (χ1v) is 11.7. The molecule has 166 valence electrons. The van der Waals surface area contributed by atoms with E-state index in [9.17, 15) is 18.0 Å². The first kappa shape index (κ1) is 22.9. The lowest BCUT2D eigenvalue weighted by molar-refractivity contribution is -0.115. The quantitative estimate of drug-likeness (QED) is 0.562. The van der Waals surface area contributed by atoms with Gasteiger partial charge in [0, 0.05) is 25.2 Å². The number of ether oxygens (including phenoxy) is 2. The van der Waals surface area contributed by atoms with Crippen molar-refractivity contribution in [3.8, 4) is 5.75 Å². The van der Waals surface area contributed by atoms with Crippen molar-refractivity contribution < 1.29 is 27.5 Å². The third-order valence-electron chi connectivity index (χ3n) is 4.46. The molecule has 1 heterocycles. The lowest BCUT2D eigenvalue weighted by Gasteiger charge is -2.18. The van der Waals surface area contributed by atoms with E-state index in [2.05, 4.69) is 15.4 Å². The molecule has 10 nitrogen and oxygen atoms in total. The highest BCUT2D eigenvalue weighted by atomic mass is 35.5. The molecule has 0 amide bonds. The molecule has 0 radical (unpaired) electrons. The summed E-state index contributed by atoms with van der Waals surface area (Å²) in [6.45, 7) is 3.40. The molecular weight excluding hydrogens is 448 g/mol. The molecule has 2 aromatic rings. The lowest BCUT2D eigenvalue weighted by atomic mass is 10.1. The Kier molecular flexibility index (Phi) is 6.75. The summed E-state index contributed by atoms with van der Waals surface area (Å²) in [7, 11) is -3.71. The van der Waals surface area contributed by atoms with E-state index in [4.69, 9.17) is 21.1 Å². The normalized spacial score (nSPS) is 15.4. The number of hydrogen-bond acceptors (Lipinski definition) is 9. The second-order valence-corrected chi connectivity index (χ2v) is 9.53. The Morgan fingerprint density at radius 3 is 2.68 bits per heavy atom. The van der Waals surface area contributed by atoms with Crippen LogP contribution in [-0.4, -0.2) is 53.2 Å². The molecule has 1 aromatic heterocycles. The van der Waals surface area contributed by atoms with Crippen LogP contribution in [0.25, 0.3) is 0 Å². The molecule has 0 fully saturated rings. The molecular formula is C19H21ClN4O6S. The smallest absolute Gasteiger partial charge is 0.344 e. The summed E-state index contributed by atoms with van der Waals surface area (Å²) in [5, 5.41) is 11.5. The highest BCUT2D eigenvalue weighted by Gasteiger charge is 2.26. The van der Waals surface area contributed by atoms with Crippen molar-refractivity contribution in [2.24, 2.45) is 0 Å². The zero-order valence-corrected chi connectivity index (χ0v) is 18.7. The van der Waals surface area contributed by atoms with Crippen molar-refractivity contribution in [3.63, 3.8) is 0 Å². The molecule has 1 unspecified atom stereocenters. The number of sulfone groups is 1.